The van der Waals surface area contributed by atoms with Crippen LogP contribution in [-0.2, 0) is 19.1 Å². The third-order valence-electron chi connectivity index (χ3n) is 1.83. The predicted molar refractivity (Wildman–Crippen MR) is 77.1 cm³/mol. The molecule has 6 heteroatoms. The molecular weight excluding hydrogens is 272 g/mol. The Balaban J connectivity index is 3.58. The van der Waals surface area contributed by atoms with Crippen LogP contribution < -0.4 is 0 Å². The lowest BCUT2D eigenvalue weighted by molar-refractivity contribution is -0.140. The minimum atomic E-state index is -0.503. The monoisotopic (exact) mass is 292 g/mol. The summed E-state index contributed by atoms with van der Waals surface area (Å²) in [4.78, 5) is 22.3. The summed E-state index contributed by atoms with van der Waals surface area (Å²) in [5, 5.41) is 0. The van der Waals surface area contributed by atoms with Crippen molar-refractivity contribution >= 4 is 35.5 Å². The predicted octanol–water partition coefficient (Wildman–Crippen LogP) is 2.14. The number of ether oxygens (including phenoxy) is 2. The smallest absolute Gasteiger partial charge is 0.331 e. The molecule has 0 atom stereocenters. The van der Waals surface area contributed by atoms with Crippen LogP contribution in [0.15, 0.2) is 12.2 Å². The first-order valence-electron chi connectivity index (χ1n) is 5.70. The van der Waals surface area contributed by atoms with Crippen LogP contribution in [0.25, 0.3) is 0 Å². The van der Waals surface area contributed by atoms with Gasteiger partial charge >= 0.3 is 11.9 Å². The Kier molecular flexibility index (Phi) is 12.4. The van der Waals surface area contributed by atoms with Gasteiger partial charge < -0.3 is 9.47 Å². The fourth-order valence-electron chi connectivity index (χ4n) is 0.984. The topological polar surface area (TPSA) is 52.6 Å². The first kappa shape index (κ1) is 17.4. The van der Waals surface area contributed by atoms with Gasteiger partial charge in [0.1, 0.15) is 0 Å². The van der Waals surface area contributed by atoms with E-state index < -0.39 is 11.9 Å². The highest BCUT2D eigenvalue weighted by Crippen LogP contribution is 1.97. The van der Waals surface area contributed by atoms with E-state index in [1.165, 1.54) is 0 Å². The van der Waals surface area contributed by atoms with Gasteiger partial charge in [0.25, 0.3) is 0 Å². The Morgan fingerprint density at radius 1 is 0.889 bits per heavy atom. The average molecular weight is 292 g/mol. The minimum absolute atomic E-state index is 0.382. The van der Waals surface area contributed by atoms with Crippen LogP contribution >= 0.6 is 23.5 Å². The highest BCUT2D eigenvalue weighted by Gasteiger charge is 2.00. The molecule has 104 valence electrons. The maximum absolute atomic E-state index is 11.2. The molecule has 0 aliphatic heterocycles. The molecule has 0 amide bonds. The summed E-state index contributed by atoms with van der Waals surface area (Å²) in [7, 11) is 0. The summed E-state index contributed by atoms with van der Waals surface area (Å²) >= 11 is 3.40. The van der Waals surface area contributed by atoms with Gasteiger partial charge in [0.15, 0.2) is 0 Å². The molecule has 0 rings (SSSR count). The number of carbonyl (C=O) groups excluding carboxylic acids is 2. The molecule has 0 aromatic heterocycles. The second-order valence-corrected chi connectivity index (χ2v) is 5.33. The van der Waals surface area contributed by atoms with E-state index in [2.05, 4.69) is 0 Å². The van der Waals surface area contributed by atoms with Gasteiger partial charge in [0.05, 0.1) is 13.2 Å². The lowest BCUT2D eigenvalue weighted by atomic mass is 10.5. The summed E-state index contributed by atoms with van der Waals surface area (Å²) in [6, 6.07) is 0. The molecule has 0 aliphatic carbocycles. The molecule has 0 heterocycles. The molecule has 0 aromatic rings. The van der Waals surface area contributed by atoms with E-state index in [9.17, 15) is 9.59 Å². The van der Waals surface area contributed by atoms with Gasteiger partial charge in [-0.05, 0) is 36.9 Å². The van der Waals surface area contributed by atoms with Gasteiger partial charge in [0.2, 0.25) is 0 Å². The number of hydrogen-bond donors (Lipinski definition) is 0. The van der Waals surface area contributed by atoms with Crippen molar-refractivity contribution in [1.29, 1.82) is 0 Å². The Labute approximate surface area is 117 Å². The Morgan fingerprint density at radius 2 is 1.28 bits per heavy atom. The van der Waals surface area contributed by atoms with E-state index in [-0.39, 0.29) is 0 Å². The van der Waals surface area contributed by atoms with Gasteiger partial charge in [-0.3, -0.25) is 0 Å². The standard InChI is InChI=1S/C12H20O4S2/c1-17-9-3-7-15-11(13)5-6-12(14)16-8-4-10-18-2/h5-6H,3-4,7-10H2,1-2H3/b6-5-. The normalized spacial score (nSPS) is 10.6. The second kappa shape index (κ2) is 12.8. The molecule has 18 heavy (non-hydrogen) atoms. The van der Waals surface area contributed by atoms with E-state index in [1.54, 1.807) is 23.5 Å². The molecule has 0 aromatic carbocycles. The Morgan fingerprint density at radius 3 is 1.61 bits per heavy atom. The number of hydrogen-bond acceptors (Lipinski definition) is 6. The van der Waals surface area contributed by atoms with Gasteiger partial charge in [-0.15, -0.1) is 0 Å². The molecule has 0 unspecified atom stereocenters. The van der Waals surface area contributed by atoms with Crippen LogP contribution in [0.1, 0.15) is 12.8 Å². The van der Waals surface area contributed by atoms with Crippen molar-refractivity contribution in [3.05, 3.63) is 12.2 Å². The van der Waals surface area contributed by atoms with Crippen molar-refractivity contribution in [2.75, 3.05) is 37.2 Å². The highest BCUT2D eigenvalue weighted by atomic mass is 32.2. The highest BCUT2D eigenvalue weighted by molar-refractivity contribution is 7.98. The van der Waals surface area contributed by atoms with Crippen LogP contribution in [0.5, 0.6) is 0 Å². The van der Waals surface area contributed by atoms with Crippen molar-refractivity contribution in [2.24, 2.45) is 0 Å². The third kappa shape index (κ3) is 11.9. The lowest BCUT2D eigenvalue weighted by Crippen LogP contribution is -2.06. The first-order valence-corrected chi connectivity index (χ1v) is 8.49. The van der Waals surface area contributed by atoms with Gasteiger partial charge in [-0.25, -0.2) is 9.59 Å². The number of esters is 2. The van der Waals surface area contributed by atoms with Crippen molar-refractivity contribution < 1.29 is 19.1 Å². The van der Waals surface area contributed by atoms with Crippen LogP contribution in [-0.4, -0.2) is 49.2 Å². The molecule has 0 bridgehead atoms. The van der Waals surface area contributed by atoms with Gasteiger partial charge in [0, 0.05) is 12.2 Å². The largest absolute Gasteiger partial charge is 0.462 e. The minimum Gasteiger partial charge on any atom is -0.462 e. The van der Waals surface area contributed by atoms with Crippen LogP contribution in [0.4, 0.5) is 0 Å². The molecule has 0 N–H and O–H groups in total. The number of carbonyl (C=O) groups is 2. The maximum Gasteiger partial charge on any atom is 0.331 e. The van der Waals surface area contributed by atoms with Crippen LogP contribution in [0.3, 0.4) is 0 Å². The molecule has 0 radical (unpaired) electrons. The van der Waals surface area contributed by atoms with Crippen LogP contribution in [0.2, 0.25) is 0 Å². The summed E-state index contributed by atoms with van der Waals surface area (Å²) in [6.07, 6.45) is 7.84. The quantitative estimate of drug-likeness (QED) is 0.349. The van der Waals surface area contributed by atoms with Gasteiger partial charge in [-0.2, -0.15) is 23.5 Å². The molecular formula is C12H20O4S2. The number of thioether (sulfide) groups is 2. The Hall–Kier alpha value is -0.620. The maximum atomic E-state index is 11.2. The molecule has 4 nitrogen and oxygen atoms in total. The zero-order chi connectivity index (χ0) is 13.6. The van der Waals surface area contributed by atoms with E-state index in [1.807, 2.05) is 12.5 Å². The van der Waals surface area contributed by atoms with E-state index in [0.717, 1.165) is 36.5 Å². The van der Waals surface area contributed by atoms with Gasteiger partial charge in [-0.1, -0.05) is 0 Å². The zero-order valence-electron chi connectivity index (χ0n) is 10.8. The van der Waals surface area contributed by atoms with E-state index in [4.69, 9.17) is 9.47 Å². The fraction of sp³-hybridized carbons (Fsp3) is 0.667. The van der Waals surface area contributed by atoms with E-state index in [0.29, 0.717) is 13.2 Å². The van der Waals surface area contributed by atoms with Crippen LogP contribution in [0, 0.1) is 0 Å². The van der Waals surface area contributed by atoms with Crippen molar-refractivity contribution in [2.45, 2.75) is 12.8 Å². The molecule has 0 saturated heterocycles. The Bertz CT molecular complexity index is 241. The first-order chi connectivity index (χ1) is 8.70. The lowest BCUT2D eigenvalue weighted by Gasteiger charge is -2.01. The number of rotatable bonds is 10. The molecule has 0 fully saturated rings. The summed E-state index contributed by atoms with van der Waals surface area (Å²) in [6.45, 7) is 0.763. The van der Waals surface area contributed by atoms with Crippen molar-refractivity contribution in [3.8, 4) is 0 Å². The third-order valence-corrected chi connectivity index (χ3v) is 3.22. The van der Waals surface area contributed by atoms with Crippen molar-refractivity contribution in [1.82, 2.24) is 0 Å². The van der Waals surface area contributed by atoms with E-state index >= 15 is 0 Å². The fourth-order valence-corrected chi connectivity index (χ4v) is 1.80. The summed E-state index contributed by atoms with van der Waals surface area (Å²) in [5.41, 5.74) is 0. The van der Waals surface area contributed by atoms with Crippen molar-refractivity contribution in [3.63, 3.8) is 0 Å². The second-order valence-electron chi connectivity index (χ2n) is 3.36. The molecule has 0 saturated carbocycles. The SMILES string of the molecule is CSCCCOC(=O)/C=C\C(=O)OCCCSC. The summed E-state index contributed by atoms with van der Waals surface area (Å²) in [5.74, 6) is 0.900. The average Bonchev–Trinajstić information content (AvgIpc) is 2.37. The molecule has 0 spiro atoms. The molecule has 0 aliphatic rings. The summed E-state index contributed by atoms with van der Waals surface area (Å²) < 4.78 is 9.77. The zero-order valence-corrected chi connectivity index (χ0v) is 12.5.